The Bertz CT molecular complexity index is 984. The Balaban J connectivity index is 1.61. The largest absolute Gasteiger partial charge is 0.384 e. The number of aliphatic hydroxyl groups is 2. The van der Waals surface area contributed by atoms with E-state index < -0.39 is 23.7 Å². The molecule has 0 spiro atoms. The van der Waals surface area contributed by atoms with E-state index in [9.17, 15) is 15.0 Å². The van der Waals surface area contributed by atoms with Gasteiger partial charge in [0.2, 0.25) is 0 Å². The molecule has 1 fully saturated rings. The van der Waals surface area contributed by atoms with Crippen LogP contribution >= 0.6 is 15.9 Å². The van der Waals surface area contributed by atoms with E-state index in [1.165, 1.54) is 0 Å². The fourth-order valence-corrected chi connectivity index (χ4v) is 4.74. The minimum Gasteiger partial charge on any atom is -0.384 e. The molecule has 0 saturated carbocycles. The molecule has 1 amide bonds. The molecule has 0 aliphatic carbocycles. The highest BCUT2D eigenvalue weighted by Gasteiger charge is 2.38. The average molecular weight is 528 g/mol. The molecule has 2 aliphatic rings. The number of terminal acetylenes is 1. The summed E-state index contributed by atoms with van der Waals surface area (Å²) in [5.74, 6) is 2.46. The standard InChI is InChI=1S/C27H34BrN3O3/c1-5-27(4)15-8-6-7-9-21-17-31(16-14-23(21)30-27)26(34)25(33)24(32)19(3)29-18(2)20-10-12-22(28)13-11-20/h1,6-8,10-13,15,18,21,23-25,29-30,32-33H,3,9,14,16-17H2,2,4H3/b7-6-,15-8-. The fraction of sp³-hybridized carbons (Fsp3) is 0.444. The fourth-order valence-electron chi connectivity index (χ4n) is 4.48. The van der Waals surface area contributed by atoms with Gasteiger partial charge in [-0.2, -0.15) is 0 Å². The topological polar surface area (TPSA) is 84.8 Å². The van der Waals surface area contributed by atoms with Gasteiger partial charge in [0.15, 0.2) is 6.10 Å². The van der Waals surface area contributed by atoms with E-state index in [0.717, 1.165) is 16.5 Å². The molecule has 2 aliphatic heterocycles. The lowest BCUT2D eigenvalue weighted by molar-refractivity contribution is -0.147. The van der Waals surface area contributed by atoms with Gasteiger partial charge in [-0.3, -0.25) is 10.1 Å². The van der Waals surface area contributed by atoms with E-state index in [2.05, 4.69) is 45.1 Å². The molecule has 6 nitrogen and oxygen atoms in total. The molecule has 4 N–H and O–H groups in total. The molecule has 182 valence electrons. The van der Waals surface area contributed by atoms with Gasteiger partial charge in [0.25, 0.3) is 5.91 Å². The highest BCUT2D eigenvalue weighted by atomic mass is 79.9. The van der Waals surface area contributed by atoms with E-state index >= 15 is 0 Å². The van der Waals surface area contributed by atoms with Crippen molar-refractivity contribution in [2.24, 2.45) is 5.92 Å². The summed E-state index contributed by atoms with van der Waals surface area (Å²) < 4.78 is 0.970. The van der Waals surface area contributed by atoms with Gasteiger partial charge in [-0.15, -0.1) is 6.42 Å². The van der Waals surface area contributed by atoms with Crippen LogP contribution in [0.3, 0.4) is 0 Å². The van der Waals surface area contributed by atoms with Crippen LogP contribution in [-0.2, 0) is 4.79 Å². The number of amides is 1. The van der Waals surface area contributed by atoms with E-state index in [1.54, 1.807) is 4.90 Å². The van der Waals surface area contributed by atoms with Crippen molar-refractivity contribution in [3.8, 4) is 12.3 Å². The van der Waals surface area contributed by atoms with Crippen LogP contribution in [0.25, 0.3) is 0 Å². The predicted octanol–water partition coefficient (Wildman–Crippen LogP) is 3.05. The van der Waals surface area contributed by atoms with Crippen LogP contribution in [0.5, 0.6) is 0 Å². The number of hydrogen-bond donors (Lipinski definition) is 4. The third-order valence-corrected chi connectivity index (χ3v) is 7.16. The molecule has 0 bridgehead atoms. The second kappa shape index (κ2) is 11.4. The van der Waals surface area contributed by atoms with Crippen LogP contribution in [-0.4, -0.2) is 57.9 Å². The van der Waals surface area contributed by atoms with Crippen LogP contribution < -0.4 is 10.6 Å². The lowest BCUT2D eigenvalue weighted by atomic mass is 9.87. The molecule has 2 heterocycles. The highest BCUT2D eigenvalue weighted by Crippen LogP contribution is 2.26. The molecule has 1 saturated heterocycles. The first kappa shape index (κ1) is 26.2. The van der Waals surface area contributed by atoms with Gasteiger partial charge in [-0.1, -0.05) is 64.9 Å². The van der Waals surface area contributed by atoms with Crippen molar-refractivity contribution in [1.29, 1.82) is 0 Å². The summed E-state index contributed by atoms with van der Waals surface area (Å²) in [4.78, 5) is 14.7. The lowest BCUT2D eigenvalue weighted by Crippen LogP contribution is -2.58. The Morgan fingerprint density at radius 3 is 2.71 bits per heavy atom. The van der Waals surface area contributed by atoms with Crippen molar-refractivity contribution < 1.29 is 15.0 Å². The SMILES string of the molecule is C#CC1(C)/C=C\C=C/CC2CN(C(=O)C(O)C(O)C(=C)NC(C)c3ccc(Br)cc3)CCC2N1. The number of carbonyl (C=O) groups excluding carboxylic acids is 1. The number of fused-ring (bicyclic) bond motifs is 1. The number of likely N-dealkylation sites (tertiary alicyclic amines) is 1. The summed E-state index contributed by atoms with van der Waals surface area (Å²) in [5.41, 5.74) is 0.636. The first-order valence-corrected chi connectivity index (χ1v) is 12.4. The minimum absolute atomic E-state index is 0.142. The quantitative estimate of drug-likeness (QED) is 0.427. The summed E-state index contributed by atoms with van der Waals surface area (Å²) in [6.07, 6.45) is 12.2. The number of benzene rings is 1. The third-order valence-electron chi connectivity index (χ3n) is 6.63. The maximum absolute atomic E-state index is 13.1. The highest BCUT2D eigenvalue weighted by molar-refractivity contribution is 9.10. The molecule has 6 atom stereocenters. The van der Waals surface area contributed by atoms with Gasteiger partial charge in [-0.25, -0.2) is 0 Å². The molecule has 1 aromatic rings. The molecule has 1 aromatic carbocycles. The summed E-state index contributed by atoms with van der Waals surface area (Å²) in [6, 6.07) is 7.75. The summed E-state index contributed by atoms with van der Waals surface area (Å²) in [5, 5.41) is 28.0. The smallest absolute Gasteiger partial charge is 0.254 e. The molecular weight excluding hydrogens is 494 g/mol. The maximum atomic E-state index is 13.1. The van der Waals surface area contributed by atoms with Crippen molar-refractivity contribution in [1.82, 2.24) is 15.5 Å². The Morgan fingerprint density at radius 1 is 1.32 bits per heavy atom. The first-order valence-electron chi connectivity index (χ1n) is 11.6. The second-order valence-corrected chi connectivity index (χ2v) is 10.2. The van der Waals surface area contributed by atoms with Gasteiger partial charge in [0.05, 0.1) is 5.54 Å². The zero-order chi connectivity index (χ0) is 24.9. The minimum atomic E-state index is -1.59. The van der Waals surface area contributed by atoms with E-state index in [0.29, 0.717) is 19.5 Å². The van der Waals surface area contributed by atoms with Crippen LogP contribution in [0.2, 0.25) is 0 Å². The van der Waals surface area contributed by atoms with Gasteiger partial charge in [0.1, 0.15) is 6.10 Å². The van der Waals surface area contributed by atoms with Crippen molar-refractivity contribution in [2.45, 2.75) is 56.5 Å². The Labute approximate surface area is 210 Å². The summed E-state index contributed by atoms with van der Waals surface area (Å²) in [7, 11) is 0. The van der Waals surface area contributed by atoms with Gasteiger partial charge < -0.3 is 20.4 Å². The van der Waals surface area contributed by atoms with Crippen molar-refractivity contribution in [3.63, 3.8) is 0 Å². The van der Waals surface area contributed by atoms with Crippen LogP contribution in [0, 0.1) is 18.3 Å². The number of hydrogen-bond acceptors (Lipinski definition) is 5. The number of aliphatic hydroxyl groups excluding tert-OH is 2. The average Bonchev–Trinajstić information content (AvgIpc) is 2.91. The predicted molar refractivity (Wildman–Crippen MR) is 139 cm³/mol. The second-order valence-electron chi connectivity index (χ2n) is 9.29. The third kappa shape index (κ3) is 6.39. The van der Waals surface area contributed by atoms with Crippen molar-refractivity contribution in [2.75, 3.05) is 13.1 Å². The summed E-state index contributed by atoms with van der Waals surface area (Å²) >= 11 is 3.41. The first-order chi connectivity index (χ1) is 16.1. The Kier molecular flexibility index (Phi) is 8.78. The van der Waals surface area contributed by atoms with E-state index in [1.807, 2.05) is 56.3 Å². The zero-order valence-corrected chi connectivity index (χ0v) is 21.3. The van der Waals surface area contributed by atoms with Gasteiger partial charge in [0, 0.05) is 35.3 Å². The maximum Gasteiger partial charge on any atom is 0.254 e. The molecular formula is C27H34BrN3O3. The number of carbonyl (C=O) groups is 1. The van der Waals surface area contributed by atoms with Crippen molar-refractivity contribution in [3.05, 3.63) is 70.9 Å². The Hall–Kier alpha value is -2.37. The van der Waals surface area contributed by atoms with E-state index in [-0.39, 0.29) is 23.7 Å². The molecule has 6 unspecified atom stereocenters. The van der Waals surface area contributed by atoms with Gasteiger partial charge in [-0.05, 0) is 50.3 Å². The van der Waals surface area contributed by atoms with Crippen LogP contribution in [0.15, 0.2) is 65.3 Å². The molecule has 34 heavy (non-hydrogen) atoms. The van der Waals surface area contributed by atoms with Crippen molar-refractivity contribution >= 4 is 21.8 Å². The molecule has 0 radical (unpaired) electrons. The Morgan fingerprint density at radius 2 is 2.03 bits per heavy atom. The number of piperidine rings is 1. The number of allylic oxidation sites excluding steroid dienone is 3. The zero-order valence-electron chi connectivity index (χ0n) is 19.7. The molecule has 0 aromatic heterocycles. The normalized spacial score (nSPS) is 29.1. The van der Waals surface area contributed by atoms with Crippen LogP contribution in [0.4, 0.5) is 0 Å². The molecule has 3 rings (SSSR count). The molecule has 7 heteroatoms. The number of halogens is 1. The van der Waals surface area contributed by atoms with Gasteiger partial charge >= 0.3 is 0 Å². The number of rotatable bonds is 6. The number of nitrogens with zero attached hydrogens (tertiary/aromatic N) is 1. The van der Waals surface area contributed by atoms with Crippen LogP contribution in [0.1, 0.15) is 38.3 Å². The summed E-state index contributed by atoms with van der Waals surface area (Å²) in [6.45, 7) is 8.70. The number of nitrogens with one attached hydrogen (secondary N) is 2. The van der Waals surface area contributed by atoms with E-state index in [4.69, 9.17) is 6.42 Å². The lowest BCUT2D eigenvalue weighted by Gasteiger charge is -2.42. The monoisotopic (exact) mass is 527 g/mol.